The van der Waals surface area contributed by atoms with E-state index in [-0.39, 0.29) is 17.2 Å². The van der Waals surface area contributed by atoms with Gasteiger partial charge in [0.05, 0.1) is 12.6 Å². The molecule has 144 valence electrons. The standard InChI is InChI=1S/C20H16ClNO6/c1-10(19(24)25)28-16-8-7-13(18(23)11-3-5-12(21)6-4-11)17-14(16)9-15(22-17)20(26)27-2/h3-10,22H,1-2H3,(H,24,25). The predicted molar refractivity (Wildman–Crippen MR) is 102 cm³/mol. The van der Waals surface area contributed by atoms with Crippen LogP contribution in [0.3, 0.4) is 0 Å². The molecule has 1 heterocycles. The van der Waals surface area contributed by atoms with E-state index in [9.17, 15) is 14.4 Å². The van der Waals surface area contributed by atoms with Crippen LogP contribution in [0.2, 0.25) is 5.02 Å². The summed E-state index contributed by atoms with van der Waals surface area (Å²) in [6.45, 7) is 1.38. The van der Waals surface area contributed by atoms with Crippen LogP contribution in [-0.2, 0) is 9.53 Å². The maximum Gasteiger partial charge on any atom is 0.354 e. The van der Waals surface area contributed by atoms with Crippen LogP contribution in [0.5, 0.6) is 5.75 Å². The molecule has 7 nitrogen and oxygen atoms in total. The van der Waals surface area contributed by atoms with Crippen molar-refractivity contribution in [2.24, 2.45) is 0 Å². The minimum absolute atomic E-state index is 0.113. The van der Waals surface area contributed by atoms with Crippen LogP contribution in [-0.4, -0.2) is 41.0 Å². The summed E-state index contributed by atoms with van der Waals surface area (Å²) >= 11 is 5.87. The van der Waals surface area contributed by atoms with Crippen LogP contribution >= 0.6 is 11.6 Å². The first-order valence-electron chi connectivity index (χ1n) is 8.25. The first kappa shape index (κ1) is 19.4. The highest BCUT2D eigenvalue weighted by atomic mass is 35.5. The number of rotatable bonds is 6. The quantitative estimate of drug-likeness (QED) is 0.482. The van der Waals surface area contributed by atoms with Crippen molar-refractivity contribution in [2.45, 2.75) is 13.0 Å². The molecule has 0 aliphatic heterocycles. The number of H-pyrrole nitrogens is 1. The second-order valence-corrected chi connectivity index (χ2v) is 6.45. The lowest BCUT2D eigenvalue weighted by Gasteiger charge is -2.12. The van der Waals surface area contributed by atoms with Crippen molar-refractivity contribution >= 4 is 40.2 Å². The fraction of sp³-hybridized carbons (Fsp3) is 0.150. The van der Waals surface area contributed by atoms with Gasteiger partial charge in [-0.1, -0.05) is 11.6 Å². The number of halogens is 1. The number of esters is 1. The summed E-state index contributed by atoms with van der Waals surface area (Å²) in [6, 6.07) is 10.9. The minimum atomic E-state index is -1.14. The average Bonchev–Trinajstić information content (AvgIpc) is 3.13. The lowest BCUT2D eigenvalue weighted by atomic mass is 10.0. The average molecular weight is 402 g/mol. The molecule has 1 unspecified atom stereocenters. The molecule has 0 radical (unpaired) electrons. The van der Waals surface area contributed by atoms with Crippen LogP contribution < -0.4 is 4.74 Å². The number of carboxylic acids is 1. The zero-order valence-corrected chi connectivity index (χ0v) is 15.7. The van der Waals surface area contributed by atoms with Gasteiger partial charge >= 0.3 is 11.9 Å². The van der Waals surface area contributed by atoms with Crippen molar-refractivity contribution in [3.8, 4) is 5.75 Å². The van der Waals surface area contributed by atoms with Gasteiger partial charge in [0.2, 0.25) is 0 Å². The summed E-state index contributed by atoms with van der Waals surface area (Å²) in [5.74, 6) is -1.83. The van der Waals surface area contributed by atoms with Gasteiger partial charge in [-0.2, -0.15) is 0 Å². The maximum atomic E-state index is 12.9. The van der Waals surface area contributed by atoms with Crippen molar-refractivity contribution in [2.75, 3.05) is 7.11 Å². The first-order valence-corrected chi connectivity index (χ1v) is 8.63. The zero-order valence-electron chi connectivity index (χ0n) is 15.0. The summed E-state index contributed by atoms with van der Waals surface area (Å²) in [6.07, 6.45) is -1.11. The number of methoxy groups -OCH3 is 1. The molecule has 3 rings (SSSR count). The molecule has 8 heteroatoms. The molecule has 0 saturated heterocycles. The molecule has 0 aliphatic carbocycles. The van der Waals surface area contributed by atoms with Crippen LogP contribution in [0, 0.1) is 0 Å². The second kappa shape index (κ2) is 7.74. The highest BCUT2D eigenvalue weighted by Crippen LogP contribution is 2.32. The van der Waals surface area contributed by atoms with Gasteiger partial charge in [0, 0.05) is 21.5 Å². The van der Waals surface area contributed by atoms with Crippen molar-refractivity contribution < 1.29 is 29.0 Å². The summed E-state index contributed by atoms with van der Waals surface area (Å²) in [4.78, 5) is 38.9. The predicted octanol–water partition coefficient (Wildman–Crippen LogP) is 3.69. The Morgan fingerprint density at radius 3 is 2.39 bits per heavy atom. The molecule has 2 aromatic carbocycles. The molecular weight excluding hydrogens is 386 g/mol. The fourth-order valence-corrected chi connectivity index (χ4v) is 2.83. The number of hydrogen-bond acceptors (Lipinski definition) is 5. The number of hydrogen-bond donors (Lipinski definition) is 2. The number of carboxylic acid groups (broad SMARTS) is 1. The lowest BCUT2D eigenvalue weighted by Crippen LogP contribution is -2.23. The summed E-state index contributed by atoms with van der Waals surface area (Å²) < 4.78 is 10.2. The molecule has 1 atom stereocenters. The Balaban J connectivity index is 2.14. The Morgan fingerprint density at radius 2 is 1.79 bits per heavy atom. The number of nitrogens with one attached hydrogen (secondary N) is 1. The summed E-state index contributed by atoms with van der Waals surface area (Å²) in [5.41, 5.74) is 1.16. The van der Waals surface area contributed by atoms with E-state index >= 15 is 0 Å². The molecule has 0 amide bonds. The smallest absolute Gasteiger partial charge is 0.354 e. The van der Waals surface area contributed by atoms with Crippen LogP contribution in [0.4, 0.5) is 0 Å². The van der Waals surface area contributed by atoms with E-state index in [0.29, 0.717) is 27.1 Å². The van der Waals surface area contributed by atoms with Gasteiger partial charge < -0.3 is 19.6 Å². The SMILES string of the molecule is COC(=O)c1cc2c(OC(C)C(=O)O)ccc(C(=O)c3ccc(Cl)cc3)c2[nH]1. The lowest BCUT2D eigenvalue weighted by molar-refractivity contribution is -0.144. The Kier molecular flexibility index (Phi) is 5.37. The van der Waals surface area contributed by atoms with E-state index in [0.717, 1.165) is 0 Å². The normalized spacial score (nSPS) is 11.8. The summed E-state index contributed by atoms with van der Waals surface area (Å²) in [7, 11) is 1.23. The topological polar surface area (TPSA) is 106 Å². The number of ketones is 1. The molecular formula is C20H16ClNO6. The number of aliphatic carboxylic acids is 1. The molecule has 0 saturated carbocycles. The van der Waals surface area contributed by atoms with E-state index in [4.69, 9.17) is 26.2 Å². The zero-order chi connectivity index (χ0) is 20.4. The minimum Gasteiger partial charge on any atom is -0.479 e. The highest BCUT2D eigenvalue weighted by Gasteiger charge is 2.22. The number of aromatic amines is 1. The fourth-order valence-electron chi connectivity index (χ4n) is 2.70. The van der Waals surface area contributed by atoms with Crippen LogP contribution in [0.25, 0.3) is 10.9 Å². The summed E-state index contributed by atoms with van der Waals surface area (Å²) in [5, 5.41) is 9.99. The van der Waals surface area contributed by atoms with Gasteiger partial charge in [-0.3, -0.25) is 4.79 Å². The molecule has 0 bridgehead atoms. The van der Waals surface area contributed by atoms with Crippen molar-refractivity contribution in [1.29, 1.82) is 0 Å². The largest absolute Gasteiger partial charge is 0.479 e. The van der Waals surface area contributed by atoms with Gasteiger partial charge in [-0.25, -0.2) is 9.59 Å². The van der Waals surface area contributed by atoms with E-state index in [1.165, 1.54) is 32.2 Å². The van der Waals surface area contributed by atoms with Gasteiger partial charge in [0.1, 0.15) is 11.4 Å². The third kappa shape index (κ3) is 3.70. The molecule has 28 heavy (non-hydrogen) atoms. The Bertz CT molecular complexity index is 1070. The Hall–Kier alpha value is -3.32. The Labute approximate surface area is 164 Å². The van der Waals surface area contributed by atoms with Gasteiger partial charge in [0.25, 0.3) is 0 Å². The molecule has 0 aliphatic rings. The van der Waals surface area contributed by atoms with Crippen molar-refractivity contribution in [3.05, 3.63) is 64.3 Å². The monoisotopic (exact) mass is 401 g/mol. The number of carbonyl (C=O) groups is 3. The number of ether oxygens (including phenoxy) is 2. The molecule has 3 aromatic rings. The molecule has 0 fully saturated rings. The number of carbonyl (C=O) groups excluding carboxylic acids is 2. The van der Waals surface area contributed by atoms with Gasteiger partial charge in [0.15, 0.2) is 11.9 Å². The molecule has 1 aromatic heterocycles. The van der Waals surface area contributed by atoms with E-state index in [1.54, 1.807) is 24.3 Å². The van der Waals surface area contributed by atoms with Crippen molar-refractivity contribution in [1.82, 2.24) is 4.98 Å². The highest BCUT2D eigenvalue weighted by molar-refractivity contribution is 6.30. The number of benzene rings is 2. The second-order valence-electron chi connectivity index (χ2n) is 6.01. The van der Waals surface area contributed by atoms with Gasteiger partial charge in [-0.05, 0) is 49.4 Å². The van der Waals surface area contributed by atoms with Crippen molar-refractivity contribution in [3.63, 3.8) is 0 Å². The number of fused-ring (bicyclic) bond motifs is 1. The third-order valence-corrected chi connectivity index (χ3v) is 4.41. The third-order valence-electron chi connectivity index (χ3n) is 4.16. The number of aromatic nitrogens is 1. The van der Waals surface area contributed by atoms with Crippen LogP contribution in [0.1, 0.15) is 33.3 Å². The molecule has 2 N–H and O–H groups in total. The maximum absolute atomic E-state index is 12.9. The van der Waals surface area contributed by atoms with Crippen LogP contribution in [0.15, 0.2) is 42.5 Å². The van der Waals surface area contributed by atoms with E-state index < -0.39 is 18.0 Å². The van der Waals surface area contributed by atoms with E-state index in [2.05, 4.69) is 4.98 Å². The first-order chi connectivity index (χ1) is 13.3. The van der Waals surface area contributed by atoms with Gasteiger partial charge in [-0.15, -0.1) is 0 Å². The Morgan fingerprint density at radius 1 is 1.11 bits per heavy atom. The van der Waals surface area contributed by atoms with E-state index in [1.807, 2.05) is 0 Å². The molecule has 0 spiro atoms.